The summed E-state index contributed by atoms with van der Waals surface area (Å²) in [6.07, 6.45) is 0. The van der Waals surface area contributed by atoms with E-state index in [4.69, 9.17) is 16.3 Å². The summed E-state index contributed by atoms with van der Waals surface area (Å²) in [5.74, 6) is 0.453. The number of ether oxygens (including phenoxy) is 1. The molecule has 0 aliphatic carbocycles. The smallest absolute Gasteiger partial charge is 0.322 e. The maximum absolute atomic E-state index is 12.3. The van der Waals surface area contributed by atoms with Gasteiger partial charge in [-0.2, -0.15) is 0 Å². The Morgan fingerprint density at radius 3 is 2.62 bits per heavy atom. The van der Waals surface area contributed by atoms with Crippen LogP contribution in [0, 0.1) is 0 Å². The second-order valence-electron chi connectivity index (χ2n) is 5.31. The van der Waals surface area contributed by atoms with Gasteiger partial charge in [-0.25, -0.2) is 4.79 Å². The molecule has 0 aromatic heterocycles. The number of likely N-dealkylation sites (N-methyl/N-ethyl adjacent to an activating group) is 1. The number of halogens is 1. The highest BCUT2D eigenvalue weighted by Gasteiger charge is 2.22. The minimum Gasteiger partial charge on any atom is -0.490 e. The molecule has 0 aliphatic heterocycles. The Balaban J connectivity index is 2.89. The second kappa shape index (κ2) is 7.52. The Hall–Kier alpha value is -1.46. The molecule has 2 amide bonds. The van der Waals surface area contributed by atoms with E-state index in [1.807, 2.05) is 13.8 Å². The van der Waals surface area contributed by atoms with Gasteiger partial charge >= 0.3 is 6.03 Å². The van der Waals surface area contributed by atoms with E-state index in [1.165, 1.54) is 4.90 Å². The van der Waals surface area contributed by atoms with Crippen LogP contribution in [0.3, 0.4) is 0 Å². The molecule has 21 heavy (non-hydrogen) atoms. The first-order chi connectivity index (χ1) is 9.78. The molecule has 118 valence electrons. The maximum Gasteiger partial charge on any atom is 0.322 e. The normalized spacial score (nSPS) is 11.1. The van der Waals surface area contributed by atoms with Crippen molar-refractivity contribution in [2.45, 2.75) is 33.3 Å². The van der Waals surface area contributed by atoms with Gasteiger partial charge in [0.05, 0.1) is 29.5 Å². The minimum absolute atomic E-state index is 0.236. The molecule has 0 atom stereocenters. The molecule has 0 heterocycles. The van der Waals surface area contributed by atoms with E-state index < -0.39 is 5.60 Å². The summed E-state index contributed by atoms with van der Waals surface area (Å²) >= 11 is 6.08. The van der Waals surface area contributed by atoms with Gasteiger partial charge < -0.3 is 20.1 Å². The lowest BCUT2D eigenvalue weighted by molar-refractivity contribution is 0.0501. The first kappa shape index (κ1) is 17.6. The Morgan fingerprint density at radius 2 is 2.10 bits per heavy atom. The van der Waals surface area contributed by atoms with E-state index in [-0.39, 0.29) is 12.6 Å². The zero-order chi connectivity index (χ0) is 16.0. The van der Waals surface area contributed by atoms with Crippen molar-refractivity contribution >= 4 is 23.3 Å². The number of nitrogens with one attached hydrogen (secondary N) is 1. The summed E-state index contributed by atoms with van der Waals surface area (Å²) in [5.41, 5.74) is -0.437. The lowest BCUT2D eigenvalue weighted by Crippen LogP contribution is -2.44. The molecule has 0 saturated heterocycles. The number of anilines is 1. The third-order valence-corrected chi connectivity index (χ3v) is 3.04. The molecule has 6 heteroatoms. The lowest BCUT2D eigenvalue weighted by atomic mass is 10.1. The molecule has 0 spiro atoms. The molecule has 2 N–H and O–H groups in total. The number of amides is 2. The van der Waals surface area contributed by atoms with Gasteiger partial charge in [-0.05, 0) is 39.8 Å². The Kier molecular flexibility index (Phi) is 6.30. The molecule has 5 nitrogen and oxygen atoms in total. The number of carbonyl (C=O) groups excluding carboxylic acids is 1. The molecule has 0 saturated carbocycles. The maximum atomic E-state index is 12.3. The van der Waals surface area contributed by atoms with Gasteiger partial charge in [0, 0.05) is 6.54 Å². The van der Waals surface area contributed by atoms with Gasteiger partial charge in [-0.1, -0.05) is 17.7 Å². The van der Waals surface area contributed by atoms with E-state index in [0.29, 0.717) is 29.6 Å². The fourth-order valence-electron chi connectivity index (χ4n) is 1.89. The Labute approximate surface area is 130 Å². The SMILES string of the molecule is CCOc1c(Cl)cccc1NC(=O)N(CC)CC(C)(C)O. The van der Waals surface area contributed by atoms with E-state index >= 15 is 0 Å². The van der Waals surface area contributed by atoms with Crippen LogP contribution in [0.25, 0.3) is 0 Å². The number of aliphatic hydroxyl groups is 1. The molecule has 0 aliphatic rings. The molecule has 0 bridgehead atoms. The number of carbonyl (C=O) groups is 1. The largest absolute Gasteiger partial charge is 0.490 e. The lowest BCUT2D eigenvalue weighted by Gasteiger charge is -2.28. The summed E-state index contributed by atoms with van der Waals surface area (Å²) in [6.45, 7) is 8.20. The van der Waals surface area contributed by atoms with Crippen molar-refractivity contribution in [3.8, 4) is 5.75 Å². The van der Waals surface area contributed by atoms with E-state index in [9.17, 15) is 9.90 Å². The number of nitrogens with zero attached hydrogens (tertiary/aromatic N) is 1. The highest BCUT2D eigenvalue weighted by Crippen LogP contribution is 2.33. The fraction of sp³-hybridized carbons (Fsp3) is 0.533. The van der Waals surface area contributed by atoms with Crippen molar-refractivity contribution < 1.29 is 14.6 Å². The van der Waals surface area contributed by atoms with E-state index in [2.05, 4.69) is 5.32 Å². The number of hydrogen-bond acceptors (Lipinski definition) is 3. The van der Waals surface area contributed by atoms with E-state index in [1.54, 1.807) is 32.0 Å². The highest BCUT2D eigenvalue weighted by molar-refractivity contribution is 6.32. The molecule has 1 aromatic rings. The predicted molar refractivity (Wildman–Crippen MR) is 85.2 cm³/mol. The van der Waals surface area contributed by atoms with Crippen LogP contribution in [0.1, 0.15) is 27.7 Å². The third-order valence-electron chi connectivity index (χ3n) is 2.74. The standard InChI is InChI=1S/C15H23ClN2O3/c1-5-18(10-15(3,4)20)14(19)17-12-9-7-8-11(16)13(12)21-6-2/h7-9,20H,5-6,10H2,1-4H3,(H,17,19). The van der Waals surface area contributed by atoms with Crippen LogP contribution in [-0.2, 0) is 0 Å². The fourth-order valence-corrected chi connectivity index (χ4v) is 2.12. The van der Waals surface area contributed by atoms with Gasteiger partial charge in [0.15, 0.2) is 5.75 Å². The number of para-hydroxylation sites is 1. The van der Waals surface area contributed by atoms with Gasteiger partial charge in [0.2, 0.25) is 0 Å². The monoisotopic (exact) mass is 314 g/mol. The van der Waals surface area contributed by atoms with Crippen LogP contribution < -0.4 is 10.1 Å². The average Bonchev–Trinajstić information content (AvgIpc) is 2.39. The molecule has 1 aromatic carbocycles. The average molecular weight is 315 g/mol. The van der Waals surface area contributed by atoms with Crippen molar-refractivity contribution in [3.63, 3.8) is 0 Å². The van der Waals surface area contributed by atoms with Gasteiger partial charge in [-0.3, -0.25) is 0 Å². The summed E-state index contributed by atoms with van der Waals surface area (Å²) in [5, 5.41) is 13.1. The van der Waals surface area contributed by atoms with Crippen molar-refractivity contribution in [1.82, 2.24) is 4.90 Å². The van der Waals surface area contributed by atoms with Crippen LogP contribution >= 0.6 is 11.6 Å². The molecular formula is C15H23ClN2O3. The number of urea groups is 1. The first-order valence-electron chi connectivity index (χ1n) is 6.98. The van der Waals surface area contributed by atoms with E-state index in [0.717, 1.165) is 0 Å². The topological polar surface area (TPSA) is 61.8 Å². The van der Waals surface area contributed by atoms with Gasteiger partial charge in [-0.15, -0.1) is 0 Å². The van der Waals surface area contributed by atoms with Crippen LogP contribution in [0.5, 0.6) is 5.75 Å². The van der Waals surface area contributed by atoms with Gasteiger partial charge in [0.25, 0.3) is 0 Å². The van der Waals surface area contributed by atoms with Crippen molar-refractivity contribution in [3.05, 3.63) is 23.2 Å². The predicted octanol–water partition coefficient (Wildman–Crippen LogP) is 3.36. The Bertz CT molecular complexity index is 486. The third kappa shape index (κ3) is 5.44. The van der Waals surface area contributed by atoms with Crippen LogP contribution in [0.4, 0.5) is 10.5 Å². The number of hydrogen-bond donors (Lipinski definition) is 2. The highest BCUT2D eigenvalue weighted by atomic mass is 35.5. The second-order valence-corrected chi connectivity index (χ2v) is 5.71. The summed E-state index contributed by atoms with van der Waals surface area (Å²) in [4.78, 5) is 13.8. The minimum atomic E-state index is -0.954. The zero-order valence-electron chi connectivity index (χ0n) is 12.9. The quantitative estimate of drug-likeness (QED) is 0.846. The Morgan fingerprint density at radius 1 is 1.43 bits per heavy atom. The molecule has 0 fully saturated rings. The summed E-state index contributed by atoms with van der Waals surface area (Å²) in [6, 6.07) is 4.87. The van der Waals surface area contributed by atoms with Crippen LogP contribution in [0.2, 0.25) is 5.02 Å². The molecule has 1 rings (SSSR count). The van der Waals surface area contributed by atoms with Gasteiger partial charge in [0.1, 0.15) is 0 Å². The molecule has 0 unspecified atom stereocenters. The van der Waals surface area contributed by atoms with Crippen molar-refractivity contribution in [2.24, 2.45) is 0 Å². The summed E-state index contributed by atoms with van der Waals surface area (Å²) < 4.78 is 5.47. The summed E-state index contributed by atoms with van der Waals surface area (Å²) in [7, 11) is 0. The van der Waals surface area contributed by atoms with Crippen molar-refractivity contribution in [2.75, 3.05) is 25.0 Å². The number of benzene rings is 1. The zero-order valence-corrected chi connectivity index (χ0v) is 13.7. The number of rotatable bonds is 6. The van der Waals surface area contributed by atoms with Crippen molar-refractivity contribution in [1.29, 1.82) is 0 Å². The van der Waals surface area contributed by atoms with Crippen LogP contribution in [-0.4, -0.2) is 41.3 Å². The van der Waals surface area contributed by atoms with Crippen LogP contribution in [0.15, 0.2) is 18.2 Å². The molecular weight excluding hydrogens is 292 g/mol. The molecule has 0 radical (unpaired) electrons. The first-order valence-corrected chi connectivity index (χ1v) is 7.36.